The molecule has 0 radical (unpaired) electrons. The SMILES string of the molecule is CCCOc1ccc(C(=O)c2cc3ccccc3s2)cc1. The Morgan fingerprint density at radius 1 is 1.10 bits per heavy atom. The summed E-state index contributed by atoms with van der Waals surface area (Å²) in [4.78, 5) is 13.3. The van der Waals surface area contributed by atoms with Gasteiger partial charge in [0.2, 0.25) is 5.78 Å². The van der Waals surface area contributed by atoms with E-state index >= 15 is 0 Å². The fourth-order valence-electron chi connectivity index (χ4n) is 2.16. The molecule has 0 aliphatic rings. The quantitative estimate of drug-likeness (QED) is 0.625. The molecule has 3 rings (SSSR count). The number of benzene rings is 2. The third-order valence-corrected chi connectivity index (χ3v) is 4.35. The first-order chi connectivity index (χ1) is 10.3. The van der Waals surface area contributed by atoms with Gasteiger partial charge in [-0.1, -0.05) is 25.1 Å². The Balaban J connectivity index is 1.84. The second-order valence-corrected chi connectivity index (χ2v) is 5.93. The Morgan fingerprint density at radius 3 is 2.57 bits per heavy atom. The molecule has 0 amide bonds. The largest absolute Gasteiger partial charge is 0.494 e. The lowest BCUT2D eigenvalue weighted by atomic mass is 10.1. The summed E-state index contributed by atoms with van der Waals surface area (Å²) in [6.07, 6.45) is 0.975. The predicted molar refractivity (Wildman–Crippen MR) is 87.5 cm³/mol. The Morgan fingerprint density at radius 2 is 1.86 bits per heavy atom. The highest BCUT2D eigenvalue weighted by molar-refractivity contribution is 7.21. The van der Waals surface area contributed by atoms with Crippen LogP contribution in [0.25, 0.3) is 10.1 Å². The molecule has 1 aromatic heterocycles. The van der Waals surface area contributed by atoms with Crippen LogP contribution in [-0.2, 0) is 0 Å². The number of ketones is 1. The molecule has 0 spiro atoms. The van der Waals surface area contributed by atoms with Gasteiger partial charge in [0, 0.05) is 10.3 Å². The Kier molecular flexibility index (Phi) is 4.02. The van der Waals surface area contributed by atoms with Crippen LogP contribution < -0.4 is 4.74 Å². The van der Waals surface area contributed by atoms with Gasteiger partial charge in [-0.25, -0.2) is 0 Å². The summed E-state index contributed by atoms with van der Waals surface area (Å²) in [7, 11) is 0. The van der Waals surface area contributed by atoms with Gasteiger partial charge in [-0.05, 0) is 48.2 Å². The van der Waals surface area contributed by atoms with Crippen molar-refractivity contribution in [3.8, 4) is 5.75 Å². The number of ether oxygens (including phenoxy) is 1. The van der Waals surface area contributed by atoms with Crippen LogP contribution in [0.1, 0.15) is 28.6 Å². The number of hydrogen-bond donors (Lipinski definition) is 0. The first-order valence-corrected chi connectivity index (χ1v) is 7.85. The maximum atomic E-state index is 12.5. The summed E-state index contributed by atoms with van der Waals surface area (Å²) < 4.78 is 6.68. The summed E-state index contributed by atoms with van der Waals surface area (Å²) in [5.74, 6) is 0.878. The van der Waals surface area contributed by atoms with Crippen molar-refractivity contribution in [1.29, 1.82) is 0 Å². The van der Waals surface area contributed by atoms with Crippen molar-refractivity contribution in [1.82, 2.24) is 0 Å². The van der Waals surface area contributed by atoms with Crippen LogP contribution in [0.5, 0.6) is 5.75 Å². The summed E-state index contributed by atoms with van der Waals surface area (Å²) >= 11 is 1.54. The van der Waals surface area contributed by atoms with E-state index < -0.39 is 0 Å². The van der Waals surface area contributed by atoms with Crippen LogP contribution in [0.2, 0.25) is 0 Å². The summed E-state index contributed by atoms with van der Waals surface area (Å²) in [6, 6.07) is 17.4. The minimum Gasteiger partial charge on any atom is -0.494 e. The Labute approximate surface area is 128 Å². The molecule has 0 aliphatic heterocycles. The molecule has 0 unspecified atom stereocenters. The first kappa shape index (κ1) is 13.8. The van der Waals surface area contributed by atoms with Crippen molar-refractivity contribution in [2.45, 2.75) is 13.3 Å². The molecule has 2 nitrogen and oxygen atoms in total. The Bertz CT molecular complexity index is 723. The zero-order valence-electron chi connectivity index (χ0n) is 11.8. The van der Waals surface area contributed by atoms with Crippen LogP contribution in [0, 0.1) is 0 Å². The van der Waals surface area contributed by atoms with E-state index in [2.05, 4.69) is 6.92 Å². The van der Waals surface area contributed by atoms with Gasteiger partial charge in [-0.3, -0.25) is 4.79 Å². The minimum atomic E-state index is 0.0678. The normalized spacial score (nSPS) is 10.7. The van der Waals surface area contributed by atoms with E-state index in [1.807, 2.05) is 54.6 Å². The van der Waals surface area contributed by atoms with E-state index in [-0.39, 0.29) is 5.78 Å². The van der Waals surface area contributed by atoms with Crippen LogP contribution >= 0.6 is 11.3 Å². The van der Waals surface area contributed by atoms with Crippen LogP contribution in [0.4, 0.5) is 0 Å². The highest BCUT2D eigenvalue weighted by Gasteiger charge is 2.12. The lowest BCUT2D eigenvalue weighted by molar-refractivity contribution is 0.104. The topological polar surface area (TPSA) is 26.3 Å². The second-order valence-electron chi connectivity index (χ2n) is 4.85. The molecule has 21 heavy (non-hydrogen) atoms. The maximum absolute atomic E-state index is 12.5. The van der Waals surface area contributed by atoms with Crippen molar-refractivity contribution in [3.63, 3.8) is 0 Å². The zero-order chi connectivity index (χ0) is 14.7. The molecule has 106 valence electrons. The molecule has 0 aliphatic carbocycles. The van der Waals surface area contributed by atoms with Gasteiger partial charge in [0.15, 0.2) is 0 Å². The number of fused-ring (bicyclic) bond motifs is 1. The van der Waals surface area contributed by atoms with E-state index in [0.29, 0.717) is 12.2 Å². The van der Waals surface area contributed by atoms with E-state index in [0.717, 1.165) is 27.1 Å². The van der Waals surface area contributed by atoms with E-state index in [4.69, 9.17) is 4.74 Å². The number of carbonyl (C=O) groups is 1. The molecule has 0 bridgehead atoms. The highest BCUT2D eigenvalue weighted by Crippen LogP contribution is 2.27. The molecule has 0 atom stereocenters. The van der Waals surface area contributed by atoms with Crippen molar-refractivity contribution in [2.75, 3.05) is 6.61 Å². The molecular weight excluding hydrogens is 280 g/mol. The molecule has 0 N–H and O–H groups in total. The van der Waals surface area contributed by atoms with Gasteiger partial charge >= 0.3 is 0 Å². The van der Waals surface area contributed by atoms with E-state index in [9.17, 15) is 4.79 Å². The average Bonchev–Trinajstić information content (AvgIpc) is 2.96. The fourth-order valence-corrected chi connectivity index (χ4v) is 3.18. The number of hydrogen-bond acceptors (Lipinski definition) is 3. The monoisotopic (exact) mass is 296 g/mol. The zero-order valence-corrected chi connectivity index (χ0v) is 12.7. The van der Waals surface area contributed by atoms with Gasteiger partial charge in [0.05, 0.1) is 11.5 Å². The molecule has 0 fully saturated rings. The minimum absolute atomic E-state index is 0.0678. The van der Waals surface area contributed by atoms with Crippen molar-refractivity contribution >= 4 is 27.2 Å². The third kappa shape index (κ3) is 2.98. The van der Waals surface area contributed by atoms with Gasteiger partial charge in [-0.15, -0.1) is 11.3 Å². The third-order valence-electron chi connectivity index (χ3n) is 3.24. The standard InChI is InChI=1S/C18H16O2S/c1-2-11-20-15-9-7-13(8-10-15)18(19)17-12-14-5-3-4-6-16(14)21-17/h3-10,12H,2,11H2,1H3. The predicted octanol–water partition coefficient (Wildman–Crippen LogP) is 4.92. The lowest BCUT2D eigenvalue weighted by Crippen LogP contribution is -1.99. The van der Waals surface area contributed by atoms with Gasteiger partial charge in [0.1, 0.15) is 5.75 Å². The molecule has 0 saturated heterocycles. The molecule has 3 heteroatoms. The van der Waals surface area contributed by atoms with Crippen molar-refractivity contribution in [3.05, 3.63) is 65.0 Å². The first-order valence-electron chi connectivity index (χ1n) is 7.04. The maximum Gasteiger partial charge on any atom is 0.202 e. The number of thiophene rings is 1. The smallest absolute Gasteiger partial charge is 0.202 e. The van der Waals surface area contributed by atoms with Crippen LogP contribution in [-0.4, -0.2) is 12.4 Å². The van der Waals surface area contributed by atoms with Crippen molar-refractivity contribution < 1.29 is 9.53 Å². The Hall–Kier alpha value is -2.13. The van der Waals surface area contributed by atoms with Crippen molar-refractivity contribution in [2.24, 2.45) is 0 Å². The van der Waals surface area contributed by atoms with Gasteiger partial charge in [0.25, 0.3) is 0 Å². The molecule has 2 aromatic carbocycles. The summed E-state index contributed by atoms with van der Waals surface area (Å²) in [5.41, 5.74) is 0.699. The second kappa shape index (κ2) is 6.10. The molecule has 1 heterocycles. The molecule has 3 aromatic rings. The number of carbonyl (C=O) groups excluding carboxylic acids is 1. The van der Waals surface area contributed by atoms with Gasteiger partial charge in [-0.2, -0.15) is 0 Å². The highest BCUT2D eigenvalue weighted by atomic mass is 32.1. The molecule has 0 saturated carbocycles. The summed E-state index contributed by atoms with van der Waals surface area (Å²) in [6.45, 7) is 2.77. The lowest BCUT2D eigenvalue weighted by Gasteiger charge is -2.04. The fraction of sp³-hybridized carbons (Fsp3) is 0.167. The number of rotatable bonds is 5. The van der Waals surface area contributed by atoms with E-state index in [1.165, 1.54) is 11.3 Å². The average molecular weight is 296 g/mol. The summed E-state index contributed by atoms with van der Waals surface area (Å²) in [5, 5.41) is 1.12. The van der Waals surface area contributed by atoms with Crippen LogP contribution in [0.3, 0.4) is 0 Å². The van der Waals surface area contributed by atoms with Gasteiger partial charge < -0.3 is 4.74 Å². The van der Waals surface area contributed by atoms with E-state index in [1.54, 1.807) is 0 Å². The molecular formula is C18H16O2S. The van der Waals surface area contributed by atoms with Crippen LogP contribution in [0.15, 0.2) is 54.6 Å².